The van der Waals surface area contributed by atoms with Crippen LogP contribution in [0.2, 0.25) is 0 Å². The average molecular weight is 314 g/mol. The number of nitrogens with zero attached hydrogens (tertiary/aromatic N) is 1. The molecule has 2 atom stereocenters. The predicted molar refractivity (Wildman–Crippen MR) is 86.5 cm³/mol. The molecule has 0 saturated heterocycles. The third-order valence-corrected chi connectivity index (χ3v) is 3.62. The number of nitro groups is 1. The van der Waals surface area contributed by atoms with E-state index in [2.05, 4.69) is 5.32 Å². The Hall–Kier alpha value is -2.57. The molecule has 2 rings (SSSR count). The number of benzene rings is 2. The van der Waals surface area contributed by atoms with Gasteiger partial charge in [0.15, 0.2) is 5.78 Å². The Morgan fingerprint density at radius 1 is 1.17 bits per heavy atom. The number of carbonyl (C=O) groups excluding carboxylic acids is 1. The molecule has 0 saturated carbocycles. The highest BCUT2D eigenvalue weighted by molar-refractivity contribution is 6.00. The van der Waals surface area contributed by atoms with Crippen LogP contribution in [0, 0.1) is 10.1 Å². The second-order valence-corrected chi connectivity index (χ2v) is 5.01. The lowest BCUT2D eigenvalue weighted by atomic mass is 9.94. The molecule has 1 N–H and O–H groups in total. The molecule has 2 aromatic rings. The second kappa shape index (κ2) is 7.62. The van der Waals surface area contributed by atoms with E-state index in [1.54, 1.807) is 43.4 Å². The summed E-state index contributed by atoms with van der Waals surface area (Å²) in [5.41, 5.74) is 1.09. The summed E-state index contributed by atoms with van der Waals surface area (Å²) < 4.78 is 5.46. The molecule has 0 radical (unpaired) electrons. The number of Topliss-reactive ketones (excluding diaryl/α,β-unsaturated/α-hetero) is 1. The summed E-state index contributed by atoms with van der Waals surface area (Å²) in [4.78, 5) is 23.2. The molecule has 6 nitrogen and oxygen atoms in total. The van der Waals surface area contributed by atoms with Crippen LogP contribution in [0.3, 0.4) is 0 Å². The van der Waals surface area contributed by atoms with Crippen LogP contribution in [-0.2, 0) is 4.74 Å². The van der Waals surface area contributed by atoms with E-state index < -0.39 is 17.1 Å². The van der Waals surface area contributed by atoms with Crippen LogP contribution >= 0.6 is 0 Å². The molecular weight excluding hydrogens is 296 g/mol. The summed E-state index contributed by atoms with van der Waals surface area (Å²) in [6.45, 7) is 0. The van der Waals surface area contributed by atoms with Crippen molar-refractivity contribution in [3.8, 4) is 0 Å². The molecule has 0 heterocycles. The molecule has 0 aliphatic heterocycles. The van der Waals surface area contributed by atoms with Gasteiger partial charge >= 0.3 is 0 Å². The van der Waals surface area contributed by atoms with E-state index in [0.717, 1.165) is 0 Å². The van der Waals surface area contributed by atoms with E-state index in [9.17, 15) is 14.9 Å². The lowest BCUT2D eigenvalue weighted by Crippen LogP contribution is -2.40. The molecular formula is C17H18N2O4. The first-order valence-corrected chi connectivity index (χ1v) is 7.12. The second-order valence-electron chi connectivity index (χ2n) is 5.01. The van der Waals surface area contributed by atoms with Crippen LogP contribution in [-0.4, -0.2) is 30.9 Å². The van der Waals surface area contributed by atoms with E-state index in [4.69, 9.17) is 4.74 Å². The highest BCUT2D eigenvalue weighted by atomic mass is 16.6. The Labute approximate surface area is 134 Å². The Kier molecular flexibility index (Phi) is 5.56. The normalized spacial score (nSPS) is 13.3. The minimum absolute atomic E-state index is 0.0356. The molecule has 6 heteroatoms. The fourth-order valence-corrected chi connectivity index (χ4v) is 2.48. The number of carbonyl (C=O) groups is 1. The molecule has 2 aromatic carbocycles. The van der Waals surface area contributed by atoms with Gasteiger partial charge < -0.3 is 10.1 Å². The van der Waals surface area contributed by atoms with Gasteiger partial charge in [-0.2, -0.15) is 0 Å². The lowest BCUT2D eigenvalue weighted by Gasteiger charge is -2.25. The van der Waals surface area contributed by atoms with Crippen molar-refractivity contribution in [2.75, 3.05) is 14.2 Å². The number of likely N-dealkylation sites (N-methyl/N-ethyl adjacent to an activating group) is 1. The Balaban J connectivity index is 2.35. The molecule has 0 aromatic heterocycles. The van der Waals surface area contributed by atoms with Crippen molar-refractivity contribution >= 4 is 11.5 Å². The predicted octanol–water partition coefficient (Wildman–Crippen LogP) is 2.75. The molecule has 120 valence electrons. The van der Waals surface area contributed by atoms with Gasteiger partial charge in [-0.3, -0.25) is 14.9 Å². The van der Waals surface area contributed by atoms with Crippen molar-refractivity contribution in [2.45, 2.75) is 12.1 Å². The van der Waals surface area contributed by atoms with Crippen molar-refractivity contribution < 1.29 is 14.5 Å². The van der Waals surface area contributed by atoms with Gasteiger partial charge in [-0.05, 0) is 12.6 Å². The lowest BCUT2D eigenvalue weighted by molar-refractivity contribution is -0.385. The largest absolute Gasteiger partial charge is 0.375 e. The van der Waals surface area contributed by atoms with E-state index in [0.29, 0.717) is 11.1 Å². The maximum absolute atomic E-state index is 12.7. The van der Waals surface area contributed by atoms with Gasteiger partial charge in [0.2, 0.25) is 0 Å². The Morgan fingerprint density at radius 3 is 2.43 bits per heavy atom. The molecule has 0 aliphatic rings. The van der Waals surface area contributed by atoms with Crippen molar-refractivity contribution in [1.82, 2.24) is 5.32 Å². The number of hydrogen-bond donors (Lipinski definition) is 1. The summed E-state index contributed by atoms with van der Waals surface area (Å²) in [5, 5.41) is 13.9. The van der Waals surface area contributed by atoms with Crippen LogP contribution in [0.25, 0.3) is 0 Å². The number of ketones is 1. The molecule has 0 bridgehead atoms. The molecule has 23 heavy (non-hydrogen) atoms. The number of non-ortho nitro benzene ring substituents is 1. The number of methoxy groups -OCH3 is 1. The zero-order chi connectivity index (χ0) is 16.8. The van der Waals surface area contributed by atoms with Crippen LogP contribution in [0.1, 0.15) is 22.0 Å². The number of nitro benzene ring substituents is 1. The van der Waals surface area contributed by atoms with Crippen molar-refractivity contribution in [1.29, 1.82) is 0 Å². The topological polar surface area (TPSA) is 81.5 Å². The standard InChI is InChI=1S/C17H18N2O4/c1-18-15(16(20)12-7-4-3-5-8-12)17(23-2)13-9-6-10-14(11-13)19(21)22/h3-11,15,17-18H,1-2H3/t15-,17+/m0/s1. The smallest absolute Gasteiger partial charge is 0.269 e. The van der Waals surface area contributed by atoms with Crippen LogP contribution in [0.5, 0.6) is 0 Å². The highest BCUT2D eigenvalue weighted by Gasteiger charge is 2.29. The molecule has 0 amide bonds. The minimum Gasteiger partial charge on any atom is -0.375 e. The third-order valence-electron chi connectivity index (χ3n) is 3.62. The van der Waals surface area contributed by atoms with Gasteiger partial charge in [-0.15, -0.1) is 0 Å². The quantitative estimate of drug-likeness (QED) is 0.483. The first kappa shape index (κ1) is 16.8. The summed E-state index contributed by atoms with van der Waals surface area (Å²) in [7, 11) is 3.14. The van der Waals surface area contributed by atoms with Gasteiger partial charge in [0.1, 0.15) is 12.1 Å². The molecule has 0 aliphatic carbocycles. The number of ether oxygens (including phenoxy) is 1. The summed E-state index contributed by atoms with van der Waals surface area (Å²) in [5.74, 6) is -0.133. The van der Waals surface area contributed by atoms with Gasteiger partial charge in [0, 0.05) is 24.8 Å². The maximum atomic E-state index is 12.7. The van der Waals surface area contributed by atoms with E-state index >= 15 is 0 Å². The maximum Gasteiger partial charge on any atom is 0.269 e. The van der Waals surface area contributed by atoms with Crippen molar-refractivity contribution in [2.24, 2.45) is 0 Å². The average Bonchev–Trinajstić information content (AvgIpc) is 2.59. The zero-order valence-electron chi connectivity index (χ0n) is 12.9. The fraction of sp³-hybridized carbons (Fsp3) is 0.235. The molecule has 0 fully saturated rings. The summed E-state index contributed by atoms with van der Waals surface area (Å²) in [6, 6.07) is 14.3. The Morgan fingerprint density at radius 2 is 1.87 bits per heavy atom. The van der Waals surface area contributed by atoms with Crippen LogP contribution in [0.4, 0.5) is 5.69 Å². The number of hydrogen-bond acceptors (Lipinski definition) is 5. The van der Waals surface area contributed by atoms with E-state index in [-0.39, 0.29) is 11.5 Å². The SMILES string of the molecule is CN[C@@H](C(=O)c1ccccc1)[C@H](OC)c1cccc([N+](=O)[O-])c1. The minimum atomic E-state index is -0.649. The van der Waals surface area contributed by atoms with Gasteiger partial charge in [-0.25, -0.2) is 0 Å². The third kappa shape index (κ3) is 3.80. The Bertz CT molecular complexity index is 688. The van der Waals surface area contributed by atoms with Crippen molar-refractivity contribution in [3.05, 3.63) is 75.8 Å². The van der Waals surface area contributed by atoms with Gasteiger partial charge in [0.05, 0.1) is 4.92 Å². The molecule has 0 spiro atoms. The number of nitrogens with one attached hydrogen (secondary N) is 1. The van der Waals surface area contributed by atoms with Crippen molar-refractivity contribution in [3.63, 3.8) is 0 Å². The first-order valence-electron chi connectivity index (χ1n) is 7.12. The number of rotatable bonds is 7. The first-order chi connectivity index (χ1) is 11.1. The summed E-state index contributed by atoms with van der Waals surface area (Å²) in [6.07, 6.45) is -0.632. The van der Waals surface area contributed by atoms with Gasteiger partial charge in [-0.1, -0.05) is 42.5 Å². The van der Waals surface area contributed by atoms with E-state index in [1.165, 1.54) is 19.2 Å². The fourth-order valence-electron chi connectivity index (χ4n) is 2.48. The van der Waals surface area contributed by atoms with Crippen LogP contribution in [0.15, 0.2) is 54.6 Å². The highest BCUT2D eigenvalue weighted by Crippen LogP contribution is 2.26. The monoisotopic (exact) mass is 314 g/mol. The summed E-state index contributed by atoms with van der Waals surface area (Å²) >= 11 is 0. The van der Waals surface area contributed by atoms with Crippen LogP contribution < -0.4 is 5.32 Å². The van der Waals surface area contributed by atoms with E-state index in [1.807, 2.05) is 6.07 Å². The van der Waals surface area contributed by atoms with Gasteiger partial charge in [0.25, 0.3) is 5.69 Å². The zero-order valence-corrected chi connectivity index (χ0v) is 12.9. The molecule has 0 unspecified atom stereocenters.